The Morgan fingerprint density at radius 2 is 1.91 bits per heavy atom. The summed E-state index contributed by atoms with van der Waals surface area (Å²) >= 11 is 5.34. The third-order valence-corrected chi connectivity index (χ3v) is 3.53. The smallest absolute Gasteiger partial charge is 0.194 e. The Morgan fingerprint density at radius 3 is 2.55 bits per heavy atom. The van der Waals surface area contributed by atoms with Gasteiger partial charge in [-0.1, -0.05) is 36.4 Å². The van der Waals surface area contributed by atoms with Gasteiger partial charge in [0.2, 0.25) is 0 Å². The molecule has 1 aromatic carbocycles. The van der Waals surface area contributed by atoms with Crippen LogP contribution in [0.5, 0.6) is 0 Å². The fourth-order valence-corrected chi connectivity index (χ4v) is 2.25. The molecule has 0 amide bonds. The second-order valence-electron chi connectivity index (χ2n) is 4.79. The standard InChI is InChI=1S/C16H19N5S/c17-15(18)21(10-8-14-7-4-9-19-11-14)16(22)20-12-13-5-2-1-3-6-13/h1-7,9,11H,8,10,12H2,(H3,17,18)(H,20,22). The first kappa shape index (κ1) is 15.9. The first-order valence-electron chi connectivity index (χ1n) is 6.99. The Bertz CT molecular complexity index is 615. The molecule has 22 heavy (non-hydrogen) atoms. The second kappa shape index (κ2) is 8.09. The fraction of sp³-hybridized carbons (Fsp3) is 0.188. The van der Waals surface area contributed by atoms with Crippen molar-refractivity contribution in [3.05, 3.63) is 66.0 Å². The molecule has 5 nitrogen and oxygen atoms in total. The van der Waals surface area contributed by atoms with Crippen LogP contribution in [0.4, 0.5) is 0 Å². The highest BCUT2D eigenvalue weighted by atomic mass is 32.1. The number of benzene rings is 1. The van der Waals surface area contributed by atoms with Gasteiger partial charge in [-0.2, -0.15) is 0 Å². The maximum absolute atomic E-state index is 7.69. The van der Waals surface area contributed by atoms with Crippen LogP contribution in [0.2, 0.25) is 0 Å². The van der Waals surface area contributed by atoms with Crippen LogP contribution in [-0.2, 0) is 13.0 Å². The molecule has 1 heterocycles. The van der Waals surface area contributed by atoms with Crippen LogP contribution < -0.4 is 11.1 Å². The molecule has 0 unspecified atom stereocenters. The van der Waals surface area contributed by atoms with Crippen LogP contribution in [0.25, 0.3) is 0 Å². The summed E-state index contributed by atoms with van der Waals surface area (Å²) in [7, 11) is 0. The second-order valence-corrected chi connectivity index (χ2v) is 5.18. The molecule has 0 bridgehead atoms. The molecule has 1 aromatic heterocycles. The zero-order valence-electron chi connectivity index (χ0n) is 12.2. The molecular formula is C16H19N5S. The molecule has 6 heteroatoms. The largest absolute Gasteiger partial charge is 0.370 e. The third-order valence-electron chi connectivity index (χ3n) is 3.17. The number of nitrogens with one attached hydrogen (secondary N) is 2. The quantitative estimate of drug-likeness (QED) is 0.446. The van der Waals surface area contributed by atoms with E-state index in [0.717, 1.165) is 17.5 Å². The van der Waals surface area contributed by atoms with Crippen LogP contribution >= 0.6 is 12.2 Å². The van der Waals surface area contributed by atoms with Crippen molar-refractivity contribution in [2.24, 2.45) is 5.73 Å². The van der Waals surface area contributed by atoms with E-state index in [2.05, 4.69) is 10.3 Å². The Hall–Kier alpha value is -2.47. The summed E-state index contributed by atoms with van der Waals surface area (Å²) in [5.41, 5.74) is 7.85. The molecule has 0 aliphatic carbocycles. The van der Waals surface area contributed by atoms with Crippen LogP contribution in [0, 0.1) is 5.41 Å². The molecule has 0 saturated heterocycles. The van der Waals surface area contributed by atoms with E-state index < -0.39 is 0 Å². The van der Waals surface area contributed by atoms with E-state index in [9.17, 15) is 0 Å². The van der Waals surface area contributed by atoms with Crippen molar-refractivity contribution in [1.29, 1.82) is 5.41 Å². The topological polar surface area (TPSA) is 78.0 Å². The predicted octanol–water partition coefficient (Wildman–Crippen LogP) is 1.89. The molecule has 4 N–H and O–H groups in total. The van der Waals surface area contributed by atoms with Gasteiger partial charge >= 0.3 is 0 Å². The van der Waals surface area contributed by atoms with Gasteiger partial charge < -0.3 is 11.1 Å². The molecule has 0 radical (unpaired) electrons. The minimum absolute atomic E-state index is 0.0607. The predicted molar refractivity (Wildman–Crippen MR) is 92.4 cm³/mol. The Labute approximate surface area is 135 Å². The van der Waals surface area contributed by atoms with Crippen molar-refractivity contribution in [2.75, 3.05) is 6.54 Å². The molecule has 0 aliphatic rings. The molecule has 0 atom stereocenters. The number of hydrogen-bond donors (Lipinski definition) is 3. The van der Waals surface area contributed by atoms with Crippen molar-refractivity contribution < 1.29 is 0 Å². The normalized spacial score (nSPS) is 10.0. The Kier molecular flexibility index (Phi) is 5.85. The number of rotatable bonds is 5. The summed E-state index contributed by atoms with van der Waals surface area (Å²) in [5, 5.41) is 11.3. The molecule has 0 fully saturated rings. The van der Waals surface area contributed by atoms with Crippen molar-refractivity contribution in [1.82, 2.24) is 15.2 Å². The third kappa shape index (κ3) is 4.82. The fourth-order valence-electron chi connectivity index (χ4n) is 1.99. The van der Waals surface area contributed by atoms with E-state index in [1.165, 1.54) is 0 Å². The molecule has 2 aromatic rings. The zero-order chi connectivity index (χ0) is 15.8. The van der Waals surface area contributed by atoms with Gasteiger partial charge in [-0.25, -0.2) is 0 Å². The van der Waals surface area contributed by atoms with Crippen molar-refractivity contribution >= 4 is 23.3 Å². The number of nitrogens with zero attached hydrogens (tertiary/aromatic N) is 2. The zero-order valence-corrected chi connectivity index (χ0v) is 13.0. The van der Waals surface area contributed by atoms with E-state index in [1.807, 2.05) is 42.5 Å². The minimum atomic E-state index is -0.0607. The monoisotopic (exact) mass is 313 g/mol. The molecule has 0 spiro atoms. The van der Waals surface area contributed by atoms with E-state index >= 15 is 0 Å². The minimum Gasteiger partial charge on any atom is -0.370 e. The summed E-state index contributed by atoms with van der Waals surface area (Å²) in [4.78, 5) is 5.66. The molecule has 2 rings (SSSR count). The average molecular weight is 313 g/mol. The van der Waals surface area contributed by atoms with Gasteiger partial charge in [0, 0.05) is 25.5 Å². The van der Waals surface area contributed by atoms with Crippen molar-refractivity contribution in [3.63, 3.8) is 0 Å². The molecule has 114 valence electrons. The van der Waals surface area contributed by atoms with E-state index in [1.54, 1.807) is 17.3 Å². The number of hydrogen-bond acceptors (Lipinski definition) is 3. The van der Waals surface area contributed by atoms with Crippen LogP contribution in [0.15, 0.2) is 54.9 Å². The van der Waals surface area contributed by atoms with E-state index in [-0.39, 0.29) is 5.96 Å². The van der Waals surface area contributed by atoms with Gasteiger partial charge in [0.15, 0.2) is 11.1 Å². The summed E-state index contributed by atoms with van der Waals surface area (Å²) in [6, 6.07) is 13.8. The summed E-state index contributed by atoms with van der Waals surface area (Å²) in [5.74, 6) is -0.0607. The number of pyridine rings is 1. The number of thiocarbonyl (C=S) groups is 1. The number of guanidine groups is 1. The molecule has 0 aliphatic heterocycles. The van der Waals surface area contributed by atoms with E-state index in [0.29, 0.717) is 18.2 Å². The molecule has 0 saturated carbocycles. The number of nitrogens with two attached hydrogens (primary N) is 1. The Balaban J connectivity index is 1.89. The lowest BCUT2D eigenvalue weighted by molar-refractivity contribution is 0.578. The highest BCUT2D eigenvalue weighted by Crippen LogP contribution is 2.02. The van der Waals surface area contributed by atoms with E-state index in [4.69, 9.17) is 23.4 Å². The van der Waals surface area contributed by atoms with Gasteiger partial charge in [0.25, 0.3) is 0 Å². The number of aromatic nitrogens is 1. The van der Waals surface area contributed by atoms with Crippen molar-refractivity contribution in [2.45, 2.75) is 13.0 Å². The van der Waals surface area contributed by atoms with Gasteiger partial charge in [-0.3, -0.25) is 15.3 Å². The van der Waals surface area contributed by atoms with Crippen molar-refractivity contribution in [3.8, 4) is 0 Å². The lowest BCUT2D eigenvalue weighted by atomic mass is 10.2. The average Bonchev–Trinajstić information content (AvgIpc) is 2.55. The first-order chi connectivity index (χ1) is 10.7. The summed E-state index contributed by atoms with van der Waals surface area (Å²) < 4.78 is 0. The van der Waals surface area contributed by atoms with Gasteiger partial charge in [-0.15, -0.1) is 0 Å². The summed E-state index contributed by atoms with van der Waals surface area (Å²) in [6.45, 7) is 1.15. The maximum atomic E-state index is 7.69. The summed E-state index contributed by atoms with van der Waals surface area (Å²) in [6.07, 6.45) is 4.26. The lowest BCUT2D eigenvalue weighted by Gasteiger charge is -2.24. The van der Waals surface area contributed by atoms with Gasteiger partial charge in [0.1, 0.15) is 0 Å². The lowest BCUT2D eigenvalue weighted by Crippen LogP contribution is -2.47. The Morgan fingerprint density at radius 1 is 1.18 bits per heavy atom. The van der Waals surface area contributed by atoms with Crippen LogP contribution in [-0.4, -0.2) is 27.5 Å². The van der Waals surface area contributed by atoms with Gasteiger partial charge in [0.05, 0.1) is 0 Å². The first-order valence-corrected chi connectivity index (χ1v) is 7.40. The SMILES string of the molecule is N=C(N)N(CCc1cccnc1)C(=S)NCc1ccccc1. The molecular weight excluding hydrogens is 294 g/mol. The van der Waals surface area contributed by atoms with Crippen LogP contribution in [0.1, 0.15) is 11.1 Å². The maximum Gasteiger partial charge on any atom is 0.194 e. The highest BCUT2D eigenvalue weighted by molar-refractivity contribution is 7.80. The highest BCUT2D eigenvalue weighted by Gasteiger charge is 2.12. The van der Waals surface area contributed by atoms with Gasteiger partial charge in [-0.05, 0) is 35.8 Å². The van der Waals surface area contributed by atoms with Crippen LogP contribution in [0.3, 0.4) is 0 Å².